The standard InChI is InChI=1S/C12H19N3/c1-2-15-4-3-14-12(15)11(13)10-6-8-5-9(8)7-10/h3-4,8-11H,2,5-7,13H2,1H3. The number of rotatable bonds is 3. The monoisotopic (exact) mass is 205 g/mol. The molecule has 15 heavy (non-hydrogen) atoms. The van der Waals surface area contributed by atoms with Crippen molar-refractivity contribution >= 4 is 0 Å². The van der Waals surface area contributed by atoms with Crippen LogP contribution in [0, 0.1) is 17.8 Å². The third kappa shape index (κ3) is 1.49. The van der Waals surface area contributed by atoms with Crippen LogP contribution in [-0.2, 0) is 6.54 Å². The van der Waals surface area contributed by atoms with Gasteiger partial charge in [0, 0.05) is 18.9 Å². The number of aromatic nitrogens is 2. The topological polar surface area (TPSA) is 43.8 Å². The molecule has 3 heteroatoms. The second-order valence-corrected chi connectivity index (χ2v) is 5.08. The predicted octanol–water partition coefficient (Wildman–Crippen LogP) is 1.95. The van der Waals surface area contributed by atoms with Crippen molar-refractivity contribution in [3.8, 4) is 0 Å². The molecular weight excluding hydrogens is 186 g/mol. The highest BCUT2D eigenvalue weighted by Crippen LogP contribution is 2.56. The lowest BCUT2D eigenvalue weighted by Gasteiger charge is -2.20. The number of nitrogens with zero attached hydrogens (tertiary/aromatic N) is 2. The second-order valence-electron chi connectivity index (χ2n) is 5.08. The zero-order valence-corrected chi connectivity index (χ0v) is 9.26. The molecule has 0 radical (unpaired) electrons. The Labute approximate surface area is 90.7 Å². The molecule has 2 aliphatic rings. The van der Waals surface area contributed by atoms with Crippen LogP contribution in [0.15, 0.2) is 12.4 Å². The number of hydrogen-bond donors (Lipinski definition) is 1. The summed E-state index contributed by atoms with van der Waals surface area (Å²) in [5.41, 5.74) is 6.32. The minimum atomic E-state index is 0.160. The molecule has 2 saturated carbocycles. The Kier molecular flexibility index (Phi) is 2.09. The van der Waals surface area contributed by atoms with E-state index in [1.54, 1.807) is 0 Å². The first-order valence-electron chi connectivity index (χ1n) is 6.06. The van der Waals surface area contributed by atoms with Crippen molar-refractivity contribution in [1.29, 1.82) is 0 Å². The molecule has 82 valence electrons. The van der Waals surface area contributed by atoms with Crippen molar-refractivity contribution in [2.75, 3.05) is 0 Å². The van der Waals surface area contributed by atoms with Gasteiger partial charge in [-0.15, -0.1) is 0 Å². The molecule has 2 aliphatic carbocycles. The summed E-state index contributed by atoms with van der Waals surface area (Å²) in [6.07, 6.45) is 8.04. The number of aryl methyl sites for hydroxylation is 1. The first-order chi connectivity index (χ1) is 7.29. The van der Waals surface area contributed by atoms with Gasteiger partial charge in [-0.05, 0) is 43.9 Å². The van der Waals surface area contributed by atoms with Gasteiger partial charge in [-0.25, -0.2) is 4.98 Å². The van der Waals surface area contributed by atoms with Crippen LogP contribution in [0.2, 0.25) is 0 Å². The minimum Gasteiger partial charge on any atom is -0.334 e. The fraction of sp³-hybridized carbons (Fsp3) is 0.750. The molecule has 0 amide bonds. The smallest absolute Gasteiger partial charge is 0.125 e. The van der Waals surface area contributed by atoms with Gasteiger partial charge in [0.15, 0.2) is 0 Å². The van der Waals surface area contributed by atoms with Crippen LogP contribution in [-0.4, -0.2) is 9.55 Å². The Morgan fingerprint density at radius 3 is 2.87 bits per heavy atom. The number of imidazole rings is 1. The van der Waals surface area contributed by atoms with Gasteiger partial charge < -0.3 is 10.3 Å². The molecule has 2 fully saturated rings. The normalized spacial score (nSPS) is 35.2. The fourth-order valence-electron chi connectivity index (χ4n) is 3.15. The van der Waals surface area contributed by atoms with Crippen LogP contribution in [0.3, 0.4) is 0 Å². The number of nitrogens with two attached hydrogens (primary N) is 1. The molecule has 2 N–H and O–H groups in total. The number of fused-ring (bicyclic) bond motifs is 1. The Morgan fingerprint density at radius 2 is 2.20 bits per heavy atom. The van der Waals surface area contributed by atoms with Crippen molar-refractivity contribution in [2.45, 2.75) is 38.8 Å². The summed E-state index contributed by atoms with van der Waals surface area (Å²) in [5, 5.41) is 0. The molecular formula is C12H19N3. The molecule has 0 bridgehead atoms. The van der Waals surface area contributed by atoms with Crippen molar-refractivity contribution in [1.82, 2.24) is 9.55 Å². The maximum Gasteiger partial charge on any atom is 0.125 e. The Bertz CT molecular complexity index is 348. The SMILES string of the molecule is CCn1ccnc1C(N)C1CC2CC2C1. The van der Waals surface area contributed by atoms with Crippen molar-refractivity contribution in [2.24, 2.45) is 23.5 Å². The quantitative estimate of drug-likeness (QED) is 0.819. The molecule has 3 atom stereocenters. The zero-order chi connectivity index (χ0) is 10.4. The third-order valence-electron chi connectivity index (χ3n) is 4.17. The fourth-order valence-corrected chi connectivity index (χ4v) is 3.15. The van der Waals surface area contributed by atoms with Crippen LogP contribution < -0.4 is 5.73 Å². The van der Waals surface area contributed by atoms with E-state index in [1.807, 2.05) is 12.4 Å². The van der Waals surface area contributed by atoms with Gasteiger partial charge in [-0.1, -0.05) is 0 Å². The van der Waals surface area contributed by atoms with E-state index >= 15 is 0 Å². The maximum atomic E-state index is 6.32. The summed E-state index contributed by atoms with van der Waals surface area (Å²) >= 11 is 0. The van der Waals surface area contributed by atoms with Gasteiger partial charge in [0.25, 0.3) is 0 Å². The maximum absolute atomic E-state index is 6.32. The van der Waals surface area contributed by atoms with E-state index in [4.69, 9.17) is 5.73 Å². The van der Waals surface area contributed by atoms with Crippen LogP contribution >= 0.6 is 0 Å². The van der Waals surface area contributed by atoms with Gasteiger partial charge in [0.2, 0.25) is 0 Å². The summed E-state index contributed by atoms with van der Waals surface area (Å²) < 4.78 is 2.18. The lowest BCUT2D eigenvalue weighted by molar-refractivity contribution is 0.381. The van der Waals surface area contributed by atoms with E-state index in [-0.39, 0.29) is 6.04 Å². The molecule has 1 heterocycles. The molecule has 1 aromatic rings. The third-order valence-corrected chi connectivity index (χ3v) is 4.17. The van der Waals surface area contributed by atoms with Gasteiger partial charge in [0.1, 0.15) is 5.82 Å². The Morgan fingerprint density at radius 1 is 1.47 bits per heavy atom. The van der Waals surface area contributed by atoms with E-state index in [1.165, 1.54) is 19.3 Å². The van der Waals surface area contributed by atoms with Gasteiger partial charge in [-0.2, -0.15) is 0 Å². The Hall–Kier alpha value is -0.830. The van der Waals surface area contributed by atoms with Gasteiger partial charge >= 0.3 is 0 Å². The molecule has 3 nitrogen and oxygen atoms in total. The first-order valence-corrected chi connectivity index (χ1v) is 6.06. The zero-order valence-electron chi connectivity index (χ0n) is 9.26. The van der Waals surface area contributed by atoms with Gasteiger partial charge in [0.05, 0.1) is 6.04 Å². The molecule has 0 spiro atoms. The van der Waals surface area contributed by atoms with E-state index in [0.717, 1.165) is 24.2 Å². The highest BCUT2D eigenvalue weighted by Gasteiger charge is 2.47. The van der Waals surface area contributed by atoms with Crippen molar-refractivity contribution in [3.63, 3.8) is 0 Å². The lowest BCUT2D eigenvalue weighted by atomic mass is 9.94. The molecule has 0 saturated heterocycles. The highest BCUT2D eigenvalue weighted by molar-refractivity contribution is 5.06. The van der Waals surface area contributed by atoms with Crippen LogP contribution in [0.1, 0.15) is 38.1 Å². The van der Waals surface area contributed by atoms with Crippen LogP contribution in [0.4, 0.5) is 0 Å². The van der Waals surface area contributed by atoms with Crippen LogP contribution in [0.25, 0.3) is 0 Å². The molecule has 0 aliphatic heterocycles. The summed E-state index contributed by atoms with van der Waals surface area (Å²) in [7, 11) is 0. The van der Waals surface area contributed by atoms with E-state index in [0.29, 0.717) is 5.92 Å². The first kappa shape index (κ1) is 9.40. The largest absolute Gasteiger partial charge is 0.334 e. The predicted molar refractivity (Wildman–Crippen MR) is 59.2 cm³/mol. The van der Waals surface area contributed by atoms with Crippen molar-refractivity contribution in [3.05, 3.63) is 18.2 Å². The highest BCUT2D eigenvalue weighted by atomic mass is 15.1. The Balaban J connectivity index is 1.75. The molecule has 0 aromatic carbocycles. The van der Waals surface area contributed by atoms with Gasteiger partial charge in [-0.3, -0.25) is 0 Å². The molecule has 3 rings (SSSR count). The summed E-state index contributed by atoms with van der Waals surface area (Å²) in [4.78, 5) is 4.41. The molecule has 3 unspecified atom stereocenters. The van der Waals surface area contributed by atoms with Crippen molar-refractivity contribution < 1.29 is 0 Å². The summed E-state index contributed by atoms with van der Waals surface area (Å²) in [6, 6.07) is 0.160. The van der Waals surface area contributed by atoms with E-state index in [9.17, 15) is 0 Å². The second kappa shape index (κ2) is 3.34. The average molecular weight is 205 g/mol. The summed E-state index contributed by atoms with van der Waals surface area (Å²) in [5.74, 6) is 3.78. The minimum absolute atomic E-state index is 0.160. The molecule has 1 aromatic heterocycles. The average Bonchev–Trinajstić information content (AvgIpc) is 2.72. The lowest BCUT2D eigenvalue weighted by Crippen LogP contribution is -2.24. The summed E-state index contributed by atoms with van der Waals surface area (Å²) in [6.45, 7) is 3.12. The van der Waals surface area contributed by atoms with E-state index < -0.39 is 0 Å². The van der Waals surface area contributed by atoms with E-state index in [2.05, 4.69) is 16.5 Å². The van der Waals surface area contributed by atoms with Crippen LogP contribution in [0.5, 0.6) is 0 Å². The number of hydrogen-bond acceptors (Lipinski definition) is 2.